The molecule has 1 N–H and O–H groups in total. The normalized spacial score (nSPS) is 12.2. The second kappa shape index (κ2) is 12.5. The van der Waals surface area contributed by atoms with E-state index >= 15 is 0 Å². The molecular formula is C27H29FIN3O4S. The molecule has 0 unspecified atom stereocenters. The number of rotatable bonds is 10. The fourth-order valence-corrected chi connectivity index (χ4v) is 5.42. The second-order valence-corrected chi connectivity index (χ2v) is 11.9. The van der Waals surface area contributed by atoms with Gasteiger partial charge >= 0.3 is 0 Å². The Morgan fingerprint density at radius 3 is 2.08 bits per heavy atom. The number of carbonyl (C=O) groups excluding carboxylic acids is 2. The third-order valence-electron chi connectivity index (χ3n) is 5.59. The van der Waals surface area contributed by atoms with E-state index in [4.69, 9.17) is 0 Å². The Balaban J connectivity index is 2.00. The van der Waals surface area contributed by atoms with Crippen LogP contribution in [0.5, 0.6) is 0 Å². The van der Waals surface area contributed by atoms with Gasteiger partial charge in [-0.15, -0.1) is 0 Å². The molecule has 0 aromatic heterocycles. The van der Waals surface area contributed by atoms with Crippen LogP contribution in [0.2, 0.25) is 0 Å². The first-order valence-electron chi connectivity index (χ1n) is 11.7. The maximum absolute atomic E-state index is 13.7. The molecule has 3 aromatic carbocycles. The highest BCUT2D eigenvalue weighted by Crippen LogP contribution is 2.25. The van der Waals surface area contributed by atoms with Crippen LogP contribution in [0.25, 0.3) is 0 Å². The highest BCUT2D eigenvalue weighted by Gasteiger charge is 2.32. The summed E-state index contributed by atoms with van der Waals surface area (Å²) in [7, 11) is -4.11. The van der Waals surface area contributed by atoms with Gasteiger partial charge < -0.3 is 10.2 Å². The molecule has 37 heavy (non-hydrogen) atoms. The van der Waals surface area contributed by atoms with E-state index in [9.17, 15) is 22.4 Å². The number of amides is 2. The number of sulfonamides is 1. The Morgan fingerprint density at radius 1 is 0.919 bits per heavy atom. The zero-order valence-electron chi connectivity index (χ0n) is 20.8. The molecule has 196 valence electrons. The van der Waals surface area contributed by atoms with Crippen LogP contribution in [-0.2, 0) is 26.2 Å². The molecule has 0 heterocycles. The quantitative estimate of drug-likeness (QED) is 0.331. The number of hydrogen-bond donors (Lipinski definition) is 1. The van der Waals surface area contributed by atoms with Gasteiger partial charge in [0, 0.05) is 16.2 Å². The highest BCUT2D eigenvalue weighted by atomic mass is 127. The first-order valence-corrected chi connectivity index (χ1v) is 14.2. The molecule has 0 fully saturated rings. The van der Waals surface area contributed by atoms with Crippen molar-refractivity contribution in [2.75, 3.05) is 10.8 Å². The van der Waals surface area contributed by atoms with Crippen molar-refractivity contribution in [3.05, 3.63) is 93.8 Å². The van der Waals surface area contributed by atoms with E-state index in [0.717, 1.165) is 7.88 Å². The van der Waals surface area contributed by atoms with Gasteiger partial charge in [0.1, 0.15) is 18.4 Å². The molecule has 0 aliphatic carbocycles. The van der Waals surface area contributed by atoms with E-state index in [0.29, 0.717) is 11.3 Å². The van der Waals surface area contributed by atoms with E-state index in [-0.39, 0.29) is 23.4 Å². The minimum Gasteiger partial charge on any atom is -0.352 e. The summed E-state index contributed by atoms with van der Waals surface area (Å²) < 4.78 is 42.7. The molecule has 0 aliphatic heterocycles. The van der Waals surface area contributed by atoms with E-state index in [1.54, 1.807) is 49.4 Å². The summed E-state index contributed by atoms with van der Waals surface area (Å²) in [5.74, 6) is -1.38. The van der Waals surface area contributed by atoms with Crippen LogP contribution in [-0.4, -0.2) is 43.8 Å². The summed E-state index contributed by atoms with van der Waals surface area (Å²) >= 11 is 2.11. The molecule has 0 saturated carbocycles. The number of halogens is 2. The molecular weight excluding hydrogens is 608 g/mol. The van der Waals surface area contributed by atoms with Gasteiger partial charge in [0.05, 0.1) is 10.6 Å². The van der Waals surface area contributed by atoms with Crippen LogP contribution in [0, 0.1) is 9.39 Å². The average Bonchev–Trinajstić information content (AvgIpc) is 2.87. The molecule has 1 atom stereocenters. The Hall–Kier alpha value is -2.99. The van der Waals surface area contributed by atoms with Gasteiger partial charge in [0.15, 0.2) is 0 Å². The monoisotopic (exact) mass is 637 g/mol. The topological polar surface area (TPSA) is 86.8 Å². The molecule has 0 saturated heterocycles. The van der Waals surface area contributed by atoms with Crippen molar-refractivity contribution in [2.24, 2.45) is 0 Å². The molecule has 10 heteroatoms. The number of nitrogens with one attached hydrogen (secondary N) is 1. The Bertz CT molecular complexity index is 1320. The minimum absolute atomic E-state index is 0.00227. The van der Waals surface area contributed by atoms with Crippen LogP contribution in [0.4, 0.5) is 10.1 Å². The Labute approximate surface area is 230 Å². The second-order valence-electron chi connectivity index (χ2n) is 8.79. The van der Waals surface area contributed by atoms with Gasteiger partial charge in [-0.3, -0.25) is 13.9 Å². The van der Waals surface area contributed by atoms with Gasteiger partial charge in [0.2, 0.25) is 11.8 Å². The lowest BCUT2D eigenvalue weighted by molar-refractivity contribution is -0.139. The van der Waals surface area contributed by atoms with Gasteiger partial charge in [-0.05, 0) is 97.5 Å². The van der Waals surface area contributed by atoms with Crippen molar-refractivity contribution in [2.45, 2.75) is 44.3 Å². The minimum atomic E-state index is -4.11. The summed E-state index contributed by atoms with van der Waals surface area (Å²) in [6.07, 6.45) is 0. The van der Waals surface area contributed by atoms with E-state index < -0.39 is 34.3 Å². The van der Waals surface area contributed by atoms with Crippen molar-refractivity contribution in [3.63, 3.8) is 0 Å². The van der Waals surface area contributed by atoms with Gasteiger partial charge in [-0.25, -0.2) is 12.8 Å². The predicted molar refractivity (Wildman–Crippen MR) is 150 cm³/mol. The number of hydrogen-bond acceptors (Lipinski definition) is 4. The lowest BCUT2D eigenvalue weighted by Gasteiger charge is -2.32. The molecule has 7 nitrogen and oxygen atoms in total. The summed E-state index contributed by atoms with van der Waals surface area (Å²) in [4.78, 5) is 27.9. The number of anilines is 1. The first-order chi connectivity index (χ1) is 17.5. The predicted octanol–water partition coefficient (Wildman–Crippen LogP) is 4.57. The highest BCUT2D eigenvalue weighted by molar-refractivity contribution is 14.1. The van der Waals surface area contributed by atoms with Crippen LogP contribution in [0.1, 0.15) is 26.3 Å². The third kappa shape index (κ3) is 7.51. The van der Waals surface area contributed by atoms with E-state index in [2.05, 4.69) is 27.9 Å². The van der Waals surface area contributed by atoms with Crippen LogP contribution >= 0.6 is 22.6 Å². The Kier molecular flexibility index (Phi) is 9.66. The van der Waals surface area contributed by atoms with Crippen molar-refractivity contribution in [3.8, 4) is 0 Å². The smallest absolute Gasteiger partial charge is 0.264 e. The lowest BCUT2D eigenvalue weighted by Crippen LogP contribution is -2.52. The number of nitrogens with zero attached hydrogens (tertiary/aromatic N) is 2. The van der Waals surface area contributed by atoms with Crippen LogP contribution < -0.4 is 9.62 Å². The molecule has 0 spiro atoms. The van der Waals surface area contributed by atoms with Gasteiger partial charge in [-0.1, -0.05) is 30.3 Å². The summed E-state index contributed by atoms with van der Waals surface area (Å²) in [6, 6.07) is 19.2. The zero-order valence-corrected chi connectivity index (χ0v) is 23.7. The van der Waals surface area contributed by atoms with Gasteiger partial charge in [-0.2, -0.15) is 0 Å². The molecule has 3 aromatic rings. The summed E-state index contributed by atoms with van der Waals surface area (Å²) in [5.41, 5.74) is 0.921. The van der Waals surface area contributed by atoms with E-state index in [1.807, 2.05) is 13.8 Å². The van der Waals surface area contributed by atoms with Crippen molar-refractivity contribution in [1.82, 2.24) is 10.2 Å². The lowest BCUT2D eigenvalue weighted by atomic mass is 10.1. The van der Waals surface area contributed by atoms with E-state index in [1.165, 1.54) is 41.3 Å². The Morgan fingerprint density at radius 2 is 1.51 bits per heavy atom. The molecule has 2 amide bonds. The first kappa shape index (κ1) is 28.6. The van der Waals surface area contributed by atoms with Gasteiger partial charge in [0.25, 0.3) is 10.0 Å². The maximum atomic E-state index is 13.7. The van der Waals surface area contributed by atoms with Crippen molar-refractivity contribution >= 4 is 50.1 Å². The van der Waals surface area contributed by atoms with Crippen molar-refractivity contribution < 1.29 is 22.4 Å². The average molecular weight is 638 g/mol. The summed E-state index contributed by atoms with van der Waals surface area (Å²) in [6.45, 7) is 4.67. The fraction of sp³-hybridized carbons (Fsp3) is 0.259. The number of carbonyl (C=O) groups is 2. The largest absolute Gasteiger partial charge is 0.352 e. The molecule has 3 rings (SSSR count). The molecule has 0 radical (unpaired) electrons. The number of benzene rings is 3. The fourth-order valence-electron chi connectivity index (χ4n) is 3.63. The molecule has 0 bridgehead atoms. The zero-order chi connectivity index (χ0) is 27.2. The van der Waals surface area contributed by atoms with Crippen LogP contribution in [0.15, 0.2) is 83.8 Å². The maximum Gasteiger partial charge on any atom is 0.264 e. The third-order valence-corrected chi connectivity index (χ3v) is 8.10. The van der Waals surface area contributed by atoms with Crippen molar-refractivity contribution in [1.29, 1.82) is 0 Å². The summed E-state index contributed by atoms with van der Waals surface area (Å²) in [5, 5.41) is 2.79. The SMILES string of the molecule is CC(C)NC(=O)[C@@H](C)N(Cc1ccc(F)cc1)C(=O)CN(c1ccc(I)cc1)S(=O)(=O)c1ccccc1. The molecule has 0 aliphatic rings. The van der Waals surface area contributed by atoms with Crippen LogP contribution in [0.3, 0.4) is 0 Å². The standard InChI is InChI=1S/C27H29FIN3O4S/c1-19(2)30-27(34)20(3)31(17-21-9-11-22(28)12-10-21)26(33)18-32(24-15-13-23(29)14-16-24)37(35,36)25-7-5-4-6-8-25/h4-16,19-20H,17-18H2,1-3H3,(H,30,34)/t20-/m1/s1.